The molecule has 0 aromatic heterocycles. The van der Waals surface area contributed by atoms with Crippen LogP contribution >= 0.6 is 0 Å². The van der Waals surface area contributed by atoms with Crippen LogP contribution in [0.4, 0.5) is 4.39 Å². The maximum atomic E-state index is 13.1. The van der Waals surface area contributed by atoms with Gasteiger partial charge in [0.2, 0.25) is 0 Å². The Morgan fingerprint density at radius 3 is 2.64 bits per heavy atom. The minimum atomic E-state index is -0.699. The van der Waals surface area contributed by atoms with E-state index in [4.69, 9.17) is 4.84 Å². The molecule has 0 bridgehead atoms. The van der Waals surface area contributed by atoms with Crippen molar-refractivity contribution >= 4 is 11.8 Å². The van der Waals surface area contributed by atoms with E-state index in [2.05, 4.69) is 5.32 Å². The molecule has 0 radical (unpaired) electrons. The summed E-state index contributed by atoms with van der Waals surface area (Å²) in [5.41, 5.74) is 0.450. The number of amides is 2. The first-order chi connectivity index (χ1) is 10.5. The van der Waals surface area contributed by atoms with E-state index in [1.807, 2.05) is 13.8 Å². The monoisotopic (exact) mass is 310 g/mol. The molecule has 0 unspecified atom stereocenters. The van der Waals surface area contributed by atoms with Crippen LogP contribution in [0.15, 0.2) is 35.6 Å². The second-order valence-electron chi connectivity index (χ2n) is 4.16. The third kappa shape index (κ3) is 4.05. The molecule has 2 rings (SSSR count). The first-order valence-corrected chi connectivity index (χ1v) is 6.83. The molecule has 0 saturated heterocycles. The molecular weight excluding hydrogens is 291 g/mol. The SMILES string of the molecule is CC.CON(Cc1cccc(F)c1)C(=O)C1=C(O)C(=O)NC1. The lowest BCUT2D eigenvalue weighted by atomic mass is 10.2. The Hall–Kier alpha value is -2.41. The van der Waals surface area contributed by atoms with Crippen LogP contribution in [0.1, 0.15) is 19.4 Å². The molecular formula is C15H19FN2O4. The Morgan fingerprint density at radius 1 is 1.45 bits per heavy atom. The number of carbonyl (C=O) groups excluding carboxylic acids is 2. The predicted molar refractivity (Wildman–Crippen MR) is 78.0 cm³/mol. The molecule has 1 aromatic rings. The van der Waals surface area contributed by atoms with E-state index in [-0.39, 0.29) is 18.7 Å². The number of hydrogen-bond acceptors (Lipinski definition) is 4. The number of rotatable bonds is 4. The first-order valence-electron chi connectivity index (χ1n) is 6.83. The average molecular weight is 310 g/mol. The van der Waals surface area contributed by atoms with Crippen molar-refractivity contribution in [2.75, 3.05) is 13.7 Å². The summed E-state index contributed by atoms with van der Waals surface area (Å²) in [7, 11) is 1.28. The van der Waals surface area contributed by atoms with Gasteiger partial charge >= 0.3 is 0 Å². The van der Waals surface area contributed by atoms with Crippen molar-refractivity contribution < 1.29 is 23.9 Å². The fourth-order valence-electron chi connectivity index (χ4n) is 1.82. The summed E-state index contributed by atoms with van der Waals surface area (Å²) in [6.45, 7) is 3.94. The largest absolute Gasteiger partial charge is 0.503 e. The van der Waals surface area contributed by atoms with Crippen LogP contribution in [-0.4, -0.2) is 35.6 Å². The number of halogens is 1. The van der Waals surface area contributed by atoms with Gasteiger partial charge in [-0.05, 0) is 17.7 Å². The molecule has 2 amide bonds. The summed E-state index contributed by atoms with van der Waals surface area (Å²) in [6, 6.07) is 5.71. The molecule has 0 fully saturated rings. The van der Waals surface area contributed by atoms with Crippen LogP contribution < -0.4 is 5.32 Å². The smallest absolute Gasteiger partial charge is 0.286 e. The van der Waals surface area contributed by atoms with E-state index >= 15 is 0 Å². The summed E-state index contributed by atoms with van der Waals surface area (Å²) in [5.74, 6) is -2.38. The van der Waals surface area contributed by atoms with Gasteiger partial charge in [0.25, 0.3) is 11.8 Å². The van der Waals surface area contributed by atoms with Gasteiger partial charge in [0.1, 0.15) is 5.82 Å². The van der Waals surface area contributed by atoms with Crippen molar-refractivity contribution in [1.82, 2.24) is 10.4 Å². The van der Waals surface area contributed by atoms with Crippen LogP contribution in [0.25, 0.3) is 0 Å². The maximum Gasteiger partial charge on any atom is 0.286 e. The second-order valence-corrected chi connectivity index (χ2v) is 4.16. The van der Waals surface area contributed by atoms with Gasteiger partial charge in [-0.15, -0.1) is 0 Å². The fraction of sp³-hybridized carbons (Fsp3) is 0.333. The topological polar surface area (TPSA) is 78.9 Å². The third-order valence-electron chi connectivity index (χ3n) is 2.85. The summed E-state index contributed by atoms with van der Waals surface area (Å²) >= 11 is 0. The maximum absolute atomic E-state index is 13.1. The minimum Gasteiger partial charge on any atom is -0.503 e. The summed E-state index contributed by atoms with van der Waals surface area (Å²) in [6.07, 6.45) is 0. The van der Waals surface area contributed by atoms with E-state index in [1.165, 1.54) is 25.3 Å². The van der Waals surface area contributed by atoms with Crippen molar-refractivity contribution in [1.29, 1.82) is 0 Å². The molecule has 1 heterocycles. The second kappa shape index (κ2) is 8.14. The van der Waals surface area contributed by atoms with E-state index in [0.29, 0.717) is 5.56 Å². The number of carbonyl (C=O) groups is 2. The lowest BCUT2D eigenvalue weighted by Crippen LogP contribution is -2.32. The van der Waals surface area contributed by atoms with Gasteiger partial charge in [0.05, 0.1) is 25.8 Å². The predicted octanol–water partition coefficient (Wildman–Crippen LogP) is 1.68. The molecule has 22 heavy (non-hydrogen) atoms. The molecule has 2 N–H and O–H groups in total. The zero-order valence-electron chi connectivity index (χ0n) is 12.7. The quantitative estimate of drug-likeness (QED) is 0.829. The molecule has 120 valence electrons. The Bertz CT molecular complexity index is 587. The van der Waals surface area contributed by atoms with E-state index < -0.39 is 23.4 Å². The molecule has 0 aliphatic carbocycles. The van der Waals surface area contributed by atoms with E-state index in [0.717, 1.165) is 5.06 Å². The van der Waals surface area contributed by atoms with Crippen molar-refractivity contribution in [3.8, 4) is 0 Å². The van der Waals surface area contributed by atoms with Gasteiger partial charge in [-0.2, -0.15) is 0 Å². The standard InChI is InChI=1S/C13H13FN2O4.C2H6/c1-20-16(7-8-3-2-4-9(14)5-8)13(19)10-6-15-12(18)11(10)17;1-2/h2-5,17H,6-7H2,1H3,(H,15,18);1-2H3. The van der Waals surface area contributed by atoms with E-state index in [9.17, 15) is 19.1 Å². The molecule has 6 nitrogen and oxygen atoms in total. The fourth-order valence-corrected chi connectivity index (χ4v) is 1.82. The average Bonchev–Trinajstić information content (AvgIpc) is 2.86. The number of hydroxylamine groups is 2. The number of nitrogens with one attached hydrogen (secondary N) is 1. The number of benzene rings is 1. The number of hydrogen-bond donors (Lipinski definition) is 2. The van der Waals surface area contributed by atoms with Gasteiger partial charge in [-0.3, -0.25) is 14.4 Å². The normalized spacial score (nSPS) is 13.4. The lowest BCUT2D eigenvalue weighted by molar-refractivity contribution is -0.174. The van der Waals surface area contributed by atoms with Crippen LogP contribution in [0.2, 0.25) is 0 Å². The van der Waals surface area contributed by atoms with Gasteiger partial charge < -0.3 is 10.4 Å². The van der Waals surface area contributed by atoms with Gasteiger partial charge in [-0.25, -0.2) is 9.45 Å². The van der Waals surface area contributed by atoms with E-state index in [1.54, 1.807) is 6.07 Å². The van der Waals surface area contributed by atoms with Crippen molar-refractivity contribution in [3.63, 3.8) is 0 Å². The molecule has 0 spiro atoms. The Labute approximate surface area is 128 Å². The first kappa shape index (κ1) is 17.6. The van der Waals surface area contributed by atoms with Crippen LogP contribution in [0, 0.1) is 5.82 Å². The highest BCUT2D eigenvalue weighted by molar-refractivity contribution is 6.06. The van der Waals surface area contributed by atoms with Crippen LogP contribution in [0.5, 0.6) is 0 Å². The van der Waals surface area contributed by atoms with Crippen LogP contribution in [0.3, 0.4) is 0 Å². The molecule has 1 aliphatic rings. The minimum absolute atomic E-state index is 0.00192. The summed E-state index contributed by atoms with van der Waals surface area (Å²) in [4.78, 5) is 28.2. The van der Waals surface area contributed by atoms with Gasteiger partial charge in [0.15, 0.2) is 5.76 Å². The Kier molecular flexibility index (Phi) is 6.52. The van der Waals surface area contributed by atoms with Crippen LogP contribution in [-0.2, 0) is 21.0 Å². The van der Waals surface area contributed by atoms with Gasteiger partial charge in [0, 0.05) is 0 Å². The van der Waals surface area contributed by atoms with Gasteiger partial charge in [-0.1, -0.05) is 26.0 Å². The lowest BCUT2D eigenvalue weighted by Gasteiger charge is -2.20. The summed E-state index contributed by atoms with van der Waals surface area (Å²) in [5, 5.41) is 12.8. The zero-order chi connectivity index (χ0) is 16.7. The molecule has 0 saturated carbocycles. The van der Waals surface area contributed by atoms with Crippen molar-refractivity contribution in [2.24, 2.45) is 0 Å². The molecule has 0 atom stereocenters. The van der Waals surface area contributed by atoms with Crippen molar-refractivity contribution in [2.45, 2.75) is 20.4 Å². The third-order valence-corrected chi connectivity index (χ3v) is 2.85. The number of aliphatic hydroxyl groups excluding tert-OH is 1. The summed E-state index contributed by atoms with van der Waals surface area (Å²) < 4.78 is 13.1. The Balaban J connectivity index is 0.00000116. The number of nitrogens with zero attached hydrogens (tertiary/aromatic N) is 1. The highest BCUT2D eigenvalue weighted by atomic mass is 19.1. The van der Waals surface area contributed by atoms with Crippen molar-refractivity contribution in [3.05, 3.63) is 47.0 Å². The molecule has 1 aliphatic heterocycles. The zero-order valence-corrected chi connectivity index (χ0v) is 12.7. The number of aliphatic hydroxyl groups is 1. The molecule has 7 heteroatoms. The highest BCUT2D eigenvalue weighted by Crippen LogP contribution is 2.15. The highest BCUT2D eigenvalue weighted by Gasteiger charge is 2.30. The molecule has 1 aromatic carbocycles. The Morgan fingerprint density at radius 2 is 2.14 bits per heavy atom.